The van der Waals surface area contributed by atoms with Crippen LogP contribution in [-0.2, 0) is 0 Å². The molecular formula is C15H14BrClFNO. The lowest BCUT2D eigenvalue weighted by Gasteiger charge is -2.19. The minimum Gasteiger partial charge on any atom is -0.394 e. The quantitative estimate of drug-likeness (QED) is 0.830. The second-order valence-electron chi connectivity index (χ2n) is 4.52. The highest BCUT2D eigenvalue weighted by molar-refractivity contribution is 9.10. The Hall–Kier alpha value is -1.10. The van der Waals surface area contributed by atoms with Gasteiger partial charge in [0.15, 0.2) is 0 Å². The topological polar surface area (TPSA) is 32.3 Å². The maximum absolute atomic E-state index is 13.6. The molecule has 0 aliphatic carbocycles. The Morgan fingerprint density at radius 2 is 2.05 bits per heavy atom. The summed E-state index contributed by atoms with van der Waals surface area (Å²) in [7, 11) is 0. The normalized spacial score (nSPS) is 12.2. The number of aryl methyl sites for hydroxylation is 1. The first-order valence-electron chi connectivity index (χ1n) is 6.09. The van der Waals surface area contributed by atoms with Gasteiger partial charge in [-0.2, -0.15) is 0 Å². The molecule has 0 spiro atoms. The van der Waals surface area contributed by atoms with E-state index < -0.39 is 0 Å². The van der Waals surface area contributed by atoms with Gasteiger partial charge in [-0.25, -0.2) is 4.39 Å². The second kappa shape index (κ2) is 6.57. The maximum atomic E-state index is 13.6. The molecule has 2 N–H and O–H groups in total. The highest BCUT2D eigenvalue weighted by Gasteiger charge is 2.12. The summed E-state index contributed by atoms with van der Waals surface area (Å²) in [6, 6.07) is 9.94. The maximum Gasteiger partial charge on any atom is 0.126 e. The zero-order valence-corrected chi connectivity index (χ0v) is 13.2. The highest BCUT2D eigenvalue weighted by Crippen LogP contribution is 2.28. The SMILES string of the molecule is Cc1ccc(C(CO)Nc2ccc(Cl)c(Br)c2)cc1F. The first-order valence-corrected chi connectivity index (χ1v) is 7.27. The lowest BCUT2D eigenvalue weighted by Crippen LogP contribution is -2.15. The van der Waals surface area contributed by atoms with E-state index in [0.717, 1.165) is 10.2 Å². The van der Waals surface area contributed by atoms with Gasteiger partial charge >= 0.3 is 0 Å². The lowest BCUT2D eigenvalue weighted by atomic mass is 10.0. The Kier molecular flexibility index (Phi) is 5.02. The van der Waals surface area contributed by atoms with Crippen LogP contribution in [0.15, 0.2) is 40.9 Å². The molecule has 1 atom stereocenters. The van der Waals surface area contributed by atoms with Crippen LogP contribution in [0, 0.1) is 12.7 Å². The molecule has 0 heterocycles. The van der Waals surface area contributed by atoms with E-state index in [1.54, 1.807) is 31.2 Å². The summed E-state index contributed by atoms with van der Waals surface area (Å²) in [6.45, 7) is 1.57. The van der Waals surface area contributed by atoms with Crippen LogP contribution in [0.4, 0.5) is 10.1 Å². The molecule has 0 bridgehead atoms. The Balaban J connectivity index is 2.23. The molecule has 2 aromatic carbocycles. The molecule has 0 fully saturated rings. The van der Waals surface area contributed by atoms with Gasteiger partial charge in [0.1, 0.15) is 5.82 Å². The van der Waals surface area contributed by atoms with E-state index in [-0.39, 0.29) is 18.5 Å². The van der Waals surface area contributed by atoms with Crippen molar-refractivity contribution in [3.8, 4) is 0 Å². The molecule has 106 valence electrons. The summed E-state index contributed by atoms with van der Waals surface area (Å²) >= 11 is 9.27. The smallest absolute Gasteiger partial charge is 0.126 e. The van der Waals surface area contributed by atoms with Gasteiger partial charge in [0, 0.05) is 10.2 Å². The minimum atomic E-state index is -0.377. The standard InChI is InChI=1S/C15H14BrClFNO/c1-9-2-3-10(6-14(9)18)15(8-20)19-11-4-5-13(17)12(16)7-11/h2-7,15,19-20H,8H2,1H3. The fourth-order valence-corrected chi connectivity index (χ4v) is 2.34. The van der Waals surface area contributed by atoms with Crippen molar-refractivity contribution in [1.82, 2.24) is 0 Å². The number of aliphatic hydroxyl groups excluding tert-OH is 1. The van der Waals surface area contributed by atoms with E-state index in [9.17, 15) is 9.50 Å². The fourth-order valence-electron chi connectivity index (χ4n) is 1.85. The predicted molar refractivity (Wildman–Crippen MR) is 83.7 cm³/mol. The molecule has 0 amide bonds. The summed E-state index contributed by atoms with van der Waals surface area (Å²) in [5.41, 5.74) is 2.07. The molecule has 2 rings (SSSR count). The molecule has 0 aliphatic rings. The molecule has 20 heavy (non-hydrogen) atoms. The summed E-state index contributed by atoms with van der Waals surface area (Å²) in [4.78, 5) is 0. The second-order valence-corrected chi connectivity index (χ2v) is 5.78. The zero-order valence-electron chi connectivity index (χ0n) is 10.8. The molecule has 2 nitrogen and oxygen atoms in total. The van der Waals surface area contributed by atoms with Crippen molar-refractivity contribution in [3.63, 3.8) is 0 Å². The number of anilines is 1. The first kappa shape index (κ1) is 15.3. The van der Waals surface area contributed by atoms with Gasteiger partial charge in [0.25, 0.3) is 0 Å². The van der Waals surface area contributed by atoms with Crippen molar-refractivity contribution in [2.45, 2.75) is 13.0 Å². The molecule has 2 aromatic rings. The number of aliphatic hydroxyl groups is 1. The fraction of sp³-hybridized carbons (Fsp3) is 0.200. The van der Waals surface area contributed by atoms with Crippen LogP contribution in [0.25, 0.3) is 0 Å². The Morgan fingerprint density at radius 3 is 2.65 bits per heavy atom. The van der Waals surface area contributed by atoms with Crippen molar-refractivity contribution >= 4 is 33.2 Å². The average Bonchev–Trinajstić information content (AvgIpc) is 2.43. The van der Waals surface area contributed by atoms with Gasteiger partial charge in [-0.1, -0.05) is 23.7 Å². The first-order chi connectivity index (χ1) is 9.51. The molecule has 1 unspecified atom stereocenters. The summed E-state index contributed by atoms with van der Waals surface area (Å²) in [5, 5.41) is 13.3. The number of benzene rings is 2. The third-order valence-corrected chi connectivity index (χ3v) is 4.26. The Bertz CT molecular complexity index is 621. The Morgan fingerprint density at radius 1 is 1.30 bits per heavy atom. The van der Waals surface area contributed by atoms with Crippen LogP contribution in [0.1, 0.15) is 17.2 Å². The van der Waals surface area contributed by atoms with Gasteiger partial charge in [0.2, 0.25) is 0 Å². The van der Waals surface area contributed by atoms with E-state index >= 15 is 0 Å². The molecule has 0 aromatic heterocycles. The van der Waals surface area contributed by atoms with E-state index in [2.05, 4.69) is 21.2 Å². The number of nitrogens with one attached hydrogen (secondary N) is 1. The van der Waals surface area contributed by atoms with E-state index in [1.165, 1.54) is 6.07 Å². The zero-order chi connectivity index (χ0) is 14.7. The average molecular weight is 359 g/mol. The van der Waals surface area contributed by atoms with Crippen LogP contribution < -0.4 is 5.32 Å². The minimum absolute atomic E-state index is 0.136. The van der Waals surface area contributed by atoms with Crippen molar-refractivity contribution in [2.24, 2.45) is 0 Å². The van der Waals surface area contributed by atoms with E-state index in [1.807, 2.05) is 6.07 Å². The van der Waals surface area contributed by atoms with Crippen LogP contribution in [0.5, 0.6) is 0 Å². The third kappa shape index (κ3) is 3.51. The predicted octanol–water partition coefficient (Wildman–Crippen LogP) is 4.70. The molecule has 0 saturated heterocycles. The van der Waals surface area contributed by atoms with E-state index in [0.29, 0.717) is 16.1 Å². The summed E-state index contributed by atoms with van der Waals surface area (Å²) in [6.07, 6.45) is 0. The molecule has 0 saturated carbocycles. The van der Waals surface area contributed by atoms with Crippen molar-refractivity contribution in [2.75, 3.05) is 11.9 Å². The molecular weight excluding hydrogens is 345 g/mol. The number of rotatable bonds is 4. The van der Waals surface area contributed by atoms with Gasteiger partial charge in [-0.15, -0.1) is 0 Å². The number of hydrogen-bond donors (Lipinski definition) is 2. The van der Waals surface area contributed by atoms with Gasteiger partial charge in [0.05, 0.1) is 17.7 Å². The van der Waals surface area contributed by atoms with Crippen LogP contribution in [0.3, 0.4) is 0 Å². The molecule has 5 heteroatoms. The summed E-state index contributed by atoms with van der Waals surface area (Å²) < 4.78 is 14.4. The third-order valence-electron chi connectivity index (χ3n) is 3.04. The summed E-state index contributed by atoms with van der Waals surface area (Å²) in [5.74, 6) is -0.278. The van der Waals surface area contributed by atoms with E-state index in [4.69, 9.17) is 11.6 Å². The van der Waals surface area contributed by atoms with Gasteiger partial charge in [-0.3, -0.25) is 0 Å². The monoisotopic (exact) mass is 357 g/mol. The van der Waals surface area contributed by atoms with Crippen molar-refractivity contribution in [3.05, 3.63) is 62.8 Å². The van der Waals surface area contributed by atoms with Crippen molar-refractivity contribution in [1.29, 1.82) is 0 Å². The number of hydrogen-bond acceptors (Lipinski definition) is 2. The largest absolute Gasteiger partial charge is 0.394 e. The van der Waals surface area contributed by atoms with Crippen LogP contribution in [-0.4, -0.2) is 11.7 Å². The molecule has 0 aliphatic heterocycles. The van der Waals surface area contributed by atoms with Crippen molar-refractivity contribution < 1.29 is 9.50 Å². The molecule has 0 radical (unpaired) electrons. The van der Waals surface area contributed by atoms with Crippen LogP contribution in [0.2, 0.25) is 5.02 Å². The van der Waals surface area contributed by atoms with Gasteiger partial charge < -0.3 is 10.4 Å². The highest BCUT2D eigenvalue weighted by atomic mass is 79.9. The number of halogens is 3. The van der Waals surface area contributed by atoms with Crippen LogP contribution >= 0.6 is 27.5 Å². The lowest BCUT2D eigenvalue weighted by molar-refractivity contribution is 0.276. The van der Waals surface area contributed by atoms with Gasteiger partial charge in [-0.05, 0) is 58.2 Å². The Labute approximate surface area is 130 Å².